The Morgan fingerprint density at radius 1 is 1.29 bits per heavy atom. The molecule has 3 N–H and O–H groups in total. The molecule has 8 heteroatoms. The second-order valence-electron chi connectivity index (χ2n) is 5.54. The minimum absolute atomic E-state index is 0. The zero-order valence-corrected chi connectivity index (χ0v) is 14.6. The third-order valence-corrected chi connectivity index (χ3v) is 3.74. The van der Waals surface area contributed by atoms with Crippen molar-refractivity contribution in [2.45, 2.75) is 25.8 Å². The molecule has 24 heavy (non-hydrogen) atoms. The highest BCUT2D eigenvalue weighted by Crippen LogP contribution is 2.29. The summed E-state index contributed by atoms with van der Waals surface area (Å²) >= 11 is 0. The van der Waals surface area contributed by atoms with Crippen LogP contribution in [0.4, 0.5) is 11.4 Å². The van der Waals surface area contributed by atoms with Gasteiger partial charge in [-0.25, -0.2) is 0 Å². The van der Waals surface area contributed by atoms with E-state index in [0.29, 0.717) is 17.9 Å². The van der Waals surface area contributed by atoms with Crippen LogP contribution in [-0.2, 0) is 14.4 Å². The molecule has 3 amide bonds. The Morgan fingerprint density at radius 3 is 2.71 bits per heavy atom. The van der Waals surface area contributed by atoms with Crippen molar-refractivity contribution in [3.8, 4) is 0 Å². The fourth-order valence-corrected chi connectivity index (χ4v) is 2.27. The fourth-order valence-electron chi connectivity index (χ4n) is 2.27. The molecule has 132 valence electrons. The van der Waals surface area contributed by atoms with Crippen LogP contribution in [0, 0.1) is 0 Å². The Labute approximate surface area is 147 Å². The second kappa shape index (κ2) is 9.24. The van der Waals surface area contributed by atoms with E-state index in [1.54, 1.807) is 18.2 Å². The van der Waals surface area contributed by atoms with Gasteiger partial charge in [-0.15, -0.1) is 12.4 Å². The minimum Gasteiger partial charge on any atom is -0.355 e. The lowest BCUT2D eigenvalue weighted by Crippen LogP contribution is -2.42. The molecule has 1 unspecified atom stereocenters. The van der Waals surface area contributed by atoms with E-state index in [2.05, 4.69) is 16.0 Å². The Balaban J connectivity index is 0.00000288. The van der Waals surface area contributed by atoms with E-state index in [0.717, 1.165) is 0 Å². The van der Waals surface area contributed by atoms with Crippen molar-refractivity contribution in [1.82, 2.24) is 10.6 Å². The average Bonchev–Trinajstić information content (AvgIpc) is 2.56. The largest absolute Gasteiger partial charge is 0.355 e. The molecule has 1 aromatic rings. The normalized spacial score (nSPS) is 14.1. The number of hydrogen-bond acceptors (Lipinski definition) is 4. The summed E-state index contributed by atoms with van der Waals surface area (Å²) in [6.45, 7) is 2.45. The fraction of sp³-hybridized carbons (Fsp3) is 0.438. The molecule has 1 aliphatic heterocycles. The number of anilines is 2. The van der Waals surface area contributed by atoms with E-state index in [-0.39, 0.29) is 55.6 Å². The molecule has 7 nitrogen and oxygen atoms in total. The smallest absolute Gasteiger partial charge is 0.244 e. The van der Waals surface area contributed by atoms with E-state index in [1.807, 2.05) is 20.0 Å². The molecule has 0 saturated heterocycles. The minimum atomic E-state index is -0.232. The van der Waals surface area contributed by atoms with Crippen molar-refractivity contribution >= 4 is 41.5 Å². The van der Waals surface area contributed by atoms with Crippen LogP contribution in [0.3, 0.4) is 0 Å². The topological polar surface area (TPSA) is 90.5 Å². The van der Waals surface area contributed by atoms with E-state index in [4.69, 9.17) is 0 Å². The summed E-state index contributed by atoms with van der Waals surface area (Å²) in [4.78, 5) is 37.3. The van der Waals surface area contributed by atoms with Gasteiger partial charge in [0.2, 0.25) is 17.7 Å². The molecule has 2 rings (SSSR count). The van der Waals surface area contributed by atoms with Crippen LogP contribution in [0.1, 0.15) is 19.8 Å². The van der Waals surface area contributed by atoms with Gasteiger partial charge in [-0.3, -0.25) is 14.4 Å². The molecule has 0 bridgehead atoms. The third-order valence-electron chi connectivity index (χ3n) is 3.74. The number of hydrogen-bond donors (Lipinski definition) is 3. The molecule has 0 radical (unpaired) electrons. The zero-order valence-electron chi connectivity index (χ0n) is 13.8. The predicted molar refractivity (Wildman–Crippen MR) is 95.4 cm³/mol. The lowest BCUT2D eigenvalue weighted by atomic mass is 10.1. The lowest BCUT2D eigenvalue weighted by molar-refractivity contribution is -0.125. The average molecular weight is 355 g/mol. The van der Waals surface area contributed by atoms with Crippen LogP contribution < -0.4 is 20.9 Å². The summed E-state index contributed by atoms with van der Waals surface area (Å²) in [6, 6.07) is 7.30. The maximum absolute atomic E-state index is 12.4. The zero-order chi connectivity index (χ0) is 16.8. The van der Waals surface area contributed by atoms with Gasteiger partial charge in [0.1, 0.15) is 6.54 Å². The molecule has 1 aliphatic rings. The van der Waals surface area contributed by atoms with Gasteiger partial charge in [0, 0.05) is 25.4 Å². The number of para-hydroxylation sites is 2. The van der Waals surface area contributed by atoms with Crippen LogP contribution in [-0.4, -0.2) is 43.9 Å². The third kappa shape index (κ3) is 5.21. The molecule has 1 aromatic carbocycles. The summed E-state index contributed by atoms with van der Waals surface area (Å²) in [5.74, 6) is -0.636. The number of carbonyl (C=O) groups excluding carboxylic acids is 3. The Hall–Kier alpha value is -2.12. The Bertz CT molecular complexity index is 609. The van der Waals surface area contributed by atoms with Gasteiger partial charge in [0.05, 0.1) is 11.4 Å². The second-order valence-corrected chi connectivity index (χ2v) is 5.54. The first kappa shape index (κ1) is 19.9. The van der Waals surface area contributed by atoms with Gasteiger partial charge in [-0.2, -0.15) is 0 Å². The Morgan fingerprint density at radius 2 is 2.00 bits per heavy atom. The number of nitrogens with one attached hydrogen (secondary N) is 3. The van der Waals surface area contributed by atoms with Crippen LogP contribution in [0.5, 0.6) is 0 Å². The summed E-state index contributed by atoms with van der Waals surface area (Å²) in [5, 5.41) is 8.52. The summed E-state index contributed by atoms with van der Waals surface area (Å²) in [6.07, 6.45) is 0.178. The number of amides is 3. The van der Waals surface area contributed by atoms with Gasteiger partial charge < -0.3 is 20.9 Å². The summed E-state index contributed by atoms with van der Waals surface area (Å²) < 4.78 is 0. The number of rotatable bonds is 6. The molecule has 0 aliphatic carbocycles. The van der Waals surface area contributed by atoms with Crippen LogP contribution in [0.2, 0.25) is 0 Å². The molecule has 0 aromatic heterocycles. The molecular weight excluding hydrogens is 332 g/mol. The highest BCUT2D eigenvalue weighted by molar-refractivity contribution is 6.10. The first-order valence-corrected chi connectivity index (χ1v) is 7.64. The van der Waals surface area contributed by atoms with Gasteiger partial charge in [-0.05, 0) is 26.1 Å². The van der Waals surface area contributed by atoms with Gasteiger partial charge in [0.15, 0.2) is 0 Å². The van der Waals surface area contributed by atoms with Crippen molar-refractivity contribution in [1.29, 1.82) is 0 Å². The maximum atomic E-state index is 12.4. The predicted octanol–water partition coefficient (Wildman–Crippen LogP) is 0.898. The molecule has 1 heterocycles. The lowest BCUT2D eigenvalue weighted by Gasteiger charge is -2.29. The molecule has 0 saturated carbocycles. The van der Waals surface area contributed by atoms with Crippen molar-refractivity contribution in [2.75, 3.05) is 30.4 Å². The highest BCUT2D eigenvalue weighted by atomic mass is 35.5. The first-order chi connectivity index (χ1) is 11.0. The first-order valence-electron chi connectivity index (χ1n) is 7.64. The van der Waals surface area contributed by atoms with E-state index < -0.39 is 0 Å². The monoisotopic (exact) mass is 354 g/mol. The maximum Gasteiger partial charge on any atom is 0.244 e. The Kier molecular flexibility index (Phi) is 7.67. The summed E-state index contributed by atoms with van der Waals surface area (Å²) in [7, 11) is 1.82. The number of halogens is 1. The number of likely N-dealkylation sites (N-methyl/N-ethyl adjacent to an activating group) is 1. The number of nitrogens with zero attached hydrogens (tertiary/aromatic N) is 1. The van der Waals surface area contributed by atoms with Crippen LogP contribution in [0.25, 0.3) is 0 Å². The van der Waals surface area contributed by atoms with Crippen LogP contribution in [0.15, 0.2) is 24.3 Å². The number of carbonyl (C=O) groups is 3. The highest BCUT2D eigenvalue weighted by Gasteiger charge is 2.26. The number of benzene rings is 1. The number of fused-ring (bicyclic) bond motifs is 1. The van der Waals surface area contributed by atoms with Crippen molar-refractivity contribution in [3.63, 3.8) is 0 Å². The van der Waals surface area contributed by atoms with Gasteiger partial charge in [-0.1, -0.05) is 12.1 Å². The van der Waals surface area contributed by atoms with Crippen LogP contribution >= 0.6 is 12.4 Å². The van der Waals surface area contributed by atoms with E-state index in [1.165, 1.54) is 4.90 Å². The molecule has 0 fully saturated rings. The SMILES string of the molecule is CNC(C)CNC(=O)CCC(=O)N1CC(=O)Nc2ccccc21.Cl. The van der Waals surface area contributed by atoms with Gasteiger partial charge in [0.25, 0.3) is 0 Å². The molecular formula is C16H23ClN4O3. The van der Waals surface area contributed by atoms with E-state index >= 15 is 0 Å². The standard InChI is InChI=1S/C16H22N4O3.ClH/c1-11(17-2)9-18-14(21)7-8-16(23)20-10-15(22)19-12-5-3-4-6-13(12)20;/h3-6,11,17H,7-10H2,1-2H3,(H,18,21)(H,19,22);1H. The van der Waals surface area contributed by atoms with Crippen molar-refractivity contribution in [2.24, 2.45) is 0 Å². The van der Waals surface area contributed by atoms with Crippen molar-refractivity contribution in [3.05, 3.63) is 24.3 Å². The molecule has 1 atom stereocenters. The van der Waals surface area contributed by atoms with E-state index in [9.17, 15) is 14.4 Å². The quantitative estimate of drug-likeness (QED) is 0.708. The molecule has 0 spiro atoms. The summed E-state index contributed by atoms with van der Waals surface area (Å²) in [5.41, 5.74) is 1.28. The van der Waals surface area contributed by atoms with Gasteiger partial charge >= 0.3 is 0 Å². The van der Waals surface area contributed by atoms with Crippen molar-refractivity contribution < 1.29 is 14.4 Å².